The van der Waals surface area contributed by atoms with Crippen LogP contribution in [-0.2, 0) is 11.3 Å². The van der Waals surface area contributed by atoms with Crippen molar-refractivity contribution in [1.29, 1.82) is 0 Å². The Kier molecular flexibility index (Phi) is 5.23. The summed E-state index contributed by atoms with van der Waals surface area (Å²) in [5.74, 6) is 1.26. The van der Waals surface area contributed by atoms with Crippen LogP contribution in [0.2, 0.25) is 0 Å². The van der Waals surface area contributed by atoms with E-state index < -0.39 is 0 Å². The van der Waals surface area contributed by atoms with Crippen LogP contribution in [0.4, 0.5) is 0 Å². The second-order valence-electron chi connectivity index (χ2n) is 7.60. The first-order valence-electron chi connectivity index (χ1n) is 10.0. The van der Waals surface area contributed by atoms with Crippen molar-refractivity contribution in [3.63, 3.8) is 0 Å². The highest BCUT2D eigenvalue weighted by molar-refractivity contribution is 5.80. The van der Waals surface area contributed by atoms with Gasteiger partial charge in [0, 0.05) is 12.5 Å². The van der Waals surface area contributed by atoms with Crippen molar-refractivity contribution in [3.05, 3.63) is 66.0 Å². The Bertz CT molecular complexity index is 910. The van der Waals surface area contributed by atoms with Crippen LogP contribution in [-0.4, -0.2) is 15.5 Å². The molecule has 0 bridgehead atoms. The summed E-state index contributed by atoms with van der Waals surface area (Å²) in [6, 6.07) is 18.5. The van der Waals surface area contributed by atoms with E-state index in [-0.39, 0.29) is 17.9 Å². The van der Waals surface area contributed by atoms with E-state index in [9.17, 15) is 4.79 Å². The van der Waals surface area contributed by atoms with Crippen molar-refractivity contribution >= 4 is 16.9 Å². The summed E-state index contributed by atoms with van der Waals surface area (Å²) in [5.41, 5.74) is 3.31. The van der Waals surface area contributed by atoms with Gasteiger partial charge in [0.25, 0.3) is 0 Å². The van der Waals surface area contributed by atoms with E-state index >= 15 is 0 Å². The van der Waals surface area contributed by atoms with Crippen molar-refractivity contribution < 1.29 is 4.79 Å². The average Bonchev–Trinajstić information content (AvgIpc) is 3.08. The first-order valence-corrected chi connectivity index (χ1v) is 10.0. The van der Waals surface area contributed by atoms with E-state index in [0.717, 1.165) is 36.2 Å². The van der Waals surface area contributed by atoms with E-state index in [1.807, 2.05) is 31.2 Å². The maximum Gasteiger partial charge on any atom is 0.223 e. The number of para-hydroxylation sites is 2. The van der Waals surface area contributed by atoms with Gasteiger partial charge in [-0.25, -0.2) is 4.98 Å². The molecule has 1 aromatic heterocycles. The molecule has 2 aromatic carbocycles. The fourth-order valence-corrected chi connectivity index (χ4v) is 4.12. The number of fused-ring (bicyclic) bond motifs is 1. The highest BCUT2D eigenvalue weighted by Gasteiger charge is 2.24. The molecular weight excluding hydrogens is 334 g/mol. The molecule has 1 fully saturated rings. The lowest BCUT2D eigenvalue weighted by Crippen LogP contribution is -2.35. The van der Waals surface area contributed by atoms with Gasteiger partial charge in [0.2, 0.25) is 5.91 Å². The van der Waals surface area contributed by atoms with Gasteiger partial charge >= 0.3 is 0 Å². The number of benzene rings is 2. The summed E-state index contributed by atoms with van der Waals surface area (Å²) in [4.78, 5) is 17.6. The van der Waals surface area contributed by atoms with Gasteiger partial charge in [-0.3, -0.25) is 4.79 Å². The molecule has 27 heavy (non-hydrogen) atoms. The number of nitrogens with one attached hydrogen (secondary N) is 1. The van der Waals surface area contributed by atoms with Gasteiger partial charge in [0.05, 0.1) is 17.1 Å². The summed E-state index contributed by atoms with van der Waals surface area (Å²) in [6.07, 6.45) is 5.61. The van der Waals surface area contributed by atoms with E-state index in [1.165, 1.54) is 24.8 Å². The third kappa shape index (κ3) is 3.90. The Balaban J connectivity index is 1.61. The molecule has 4 nitrogen and oxygen atoms in total. The minimum Gasteiger partial charge on any atom is -0.346 e. The molecule has 1 atom stereocenters. The first kappa shape index (κ1) is 17.8. The summed E-state index contributed by atoms with van der Waals surface area (Å²) in [6.45, 7) is 2.80. The van der Waals surface area contributed by atoms with Gasteiger partial charge in [-0.15, -0.1) is 0 Å². The maximum absolute atomic E-state index is 12.7. The molecule has 1 N–H and O–H groups in total. The highest BCUT2D eigenvalue weighted by atomic mass is 16.1. The minimum atomic E-state index is -0.115. The molecule has 0 aliphatic heterocycles. The lowest BCUT2D eigenvalue weighted by molar-refractivity contribution is -0.126. The lowest BCUT2D eigenvalue weighted by Gasteiger charge is -2.23. The molecule has 4 rings (SSSR count). The monoisotopic (exact) mass is 361 g/mol. The SMILES string of the molecule is CC(NC(=O)C1CCCCC1)c1nc2ccccc2n1Cc1ccccc1. The Hall–Kier alpha value is -2.62. The number of imidazole rings is 1. The van der Waals surface area contributed by atoms with E-state index in [0.29, 0.717) is 0 Å². The standard InChI is InChI=1S/C23H27N3O/c1-17(24-23(27)19-12-6-3-7-13-19)22-25-20-14-8-9-15-21(20)26(22)16-18-10-4-2-5-11-18/h2,4-5,8-11,14-15,17,19H,3,6-7,12-13,16H2,1H3,(H,24,27). The molecule has 1 heterocycles. The van der Waals surface area contributed by atoms with Gasteiger partial charge in [-0.1, -0.05) is 61.7 Å². The van der Waals surface area contributed by atoms with Crippen molar-refractivity contribution in [3.8, 4) is 0 Å². The second kappa shape index (κ2) is 7.95. The highest BCUT2D eigenvalue weighted by Crippen LogP contribution is 2.26. The number of amides is 1. The third-order valence-electron chi connectivity index (χ3n) is 5.59. The van der Waals surface area contributed by atoms with Gasteiger partial charge < -0.3 is 9.88 Å². The van der Waals surface area contributed by atoms with Crippen molar-refractivity contribution in [1.82, 2.24) is 14.9 Å². The van der Waals surface area contributed by atoms with Crippen LogP contribution >= 0.6 is 0 Å². The zero-order chi connectivity index (χ0) is 18.6. The van der Waals surface area contributed by atoms with Crippen LogP contribution in [0.3, 0.4) is 0 Å². The number of rotatable bonds is 5. The molecule has 4 heteroatoms. The van der Waals surface area contributed by atoms with Crippen LogP contribution in [0.1, 0.15) is 56.5 Å². The van der Waals surface area contributed by atoms with Gasteiger partial charge in [-0.05, 0) is 37.5 Å². The number of carbonyl (C=O) groups excluding carboxylic acids is 1. The smallest absolute Gasteiger partial charge is 0.223 e. The fourth-order valence-electron chi connectivity index (χ4n) is 4.12. The van der Waals surface area contributed by atoms with Crippen LogP contribution in [0, 0.1) is 5.92 Å². The molecule has 140 valence electrons. The quantitative estimate of drug-likeness (QED) is 0.707. The Labute approximate surface area is 160 Å². The van der Waals surface area contributed by atoms with E-state index in [2.05, 4.69) is 40.2 Å². The number of hydrogen-bond acceptors (Lipinski definition) is 2. The van der Waals surface area contributed by atoms with Gasteiger partial charge in [0.1, 0.15) is 5.82 Å². The largest absolute Gasteiger partial charge is 0.346 e. The molecule has 3 aromatic rings. The number of nitrogens with zero attached hydrogens (tertiary/aromatic N) is 2. The summed E-state index contributed by atoms with van der Waals surface area (Å²) < 4.78 is 2.23. The molecule has 1 aliphatic carbocycles. The molecule has 1 saturated carbocycles. The predicted molar refractivity (Wildman–Crippen MR) is 108 cm³/mol. The Morgan fingerprint density at radius 1 is 1.07 bits per heavy atom. The molecule has 0 spiro atoms. The van der Waals surface area contributed by atoms with E-state index in [4.69, 9.17) is 4.98 Å². The maximum atomic E-state index is 12.7. The number of carbonyl (C=O) groups is 1. The molecule has 1 amide bonds. The molecule has 0 saturated heterocycles. The first-order chi connectivity index (χ1) is 13.2. The predicted octanol–water partition coefficient (Wildman–Crippen LogP) is 4.84. The van der Waals surface area contributed by atoms with Crippen LogP contribution in [0.5, 0.6) is 0 Å². The summed E-state index contributed by atoms with van der Waals surface area (Å²) >= 11 is 0. The van der Waals surface area contributed by atoms with Crippen LogP contribution in [0.25, 0.3) is 11.0 Å². The fraction of sp³-hybridized carbons (Fsp3) is 0.391. The zero-order valence-corrected chi connectivity index (χ0v) is 15.9. The topological polar surface area (TPSA) is 46.9 Å². The number of aromatic nitrogens is 2. The number of hydrogen-bond donors (Lipinski definition) is 1. The molecular formula is C23H27N3O. The zero-order valence-electron chi connectivity index (χ0n) is 15.9. The second-order valence-corrected chi connectivity index (χ2v) is 7.60. The lowest BCUT2D eigenvalue weighted by atomic mass is 9.88. The normalized spacial score (nSPS) is 16.3. The average molecular weight is 361 g/mol. The molecule has 0 radical (unpaired) electrons. The molecule has 1 aliphatic rings. The third-order valence-corrected chi connectivity index (χ3v) is 5.59. The van der Waals surface area contributed by atoms with E-state index in [1.54, 1.807) is 0 Å². The van der Waals surface area contributed by atoms with Crippen molar-refractivity contribution in [2.75, 3.05) is 0 Å². The van der Waals surface area contributed by atoms with Crippen molar-refractivity contribution in [2.24, 2.45) is 5.92 Å². The van der Waals surface area contributed by atoms with Crippen molar-refractivity contribution in [2.45, 2.75) is 51.6 Å². The summed E-state index contributed by atoms with van der Waals surface area (Å²) in [5, 5.41) is 3.23. The Morgan fingerprint density at radius 2 is 1.78 bits per heavy atom. The van der Waals surface area contributed by atoms with Gasteiger partial charge in [-0.2, -0.15) is 0 Å². The van der Waals surface area contributed by atoms with Crippen LogP contribution in [0.15, 0.2) is 54.6 Å². The van der Waals surface area contributed by atoms with Crippen LogP contribution < -0.4 is 5.32 Å². The Morgan fingerprint density at radius 3 is 2.56 bits per heavy atom. The summed E-state index contributed by atoms with van der Waals surface area (Å²) in [7, 11) is 0. The molecule has 1 unspecified atom stereocenters. The van der Waals surface area contributed by atoms with Gasteiger partial charge in [0.15, 0.2) is 0 Å². The minimum absolute atomic E-state index is 0.115.